The van der Waals surface area contributed by atoms with Gasteiger partial charge in [-0.1, -0.05) is 72.8 Å². The molecule has 0 saturated heterocycles. The number of hydrogen-bond donors (Lipinski definition) is 2. The molecule has 5 heteroatoms. The zero-order valence-electron chi connectivity index (χ0n) is 17.2. The first kappa shape index (κ1) is 20.4. The standard InChI is InChI=1S/C26H23NO4/c1-17-18(8-6-14-19(17)25(28)29)9-7-15-27-26(30)31-16-24-22-12-4-2-10-20(22)21-11-3-5-13-23(21)24/h2-14,24H,15-16H2,1H3,(H,27,30)(H,28,29). The van der Waals surface area contributed by atoms with Gasteiger partial charge in [0.2, 0.25) is 0 Å². The summed E-state index contributed by atoms with van der Waals surface area (Å²) in [4.78, 5) is 23.4. The minimum absolute atomic E-state index is 0.0232. The van der Waals surface area contributed by atoms with Crippen molar-refractivity contribution in [3.05, 3.63) is 101 Å². The maximum Gasteiger partial charge on any atom is 0.407 e. The zero-order chi connectivity index (χ0) is 21.8. The van der Waals surface area contributed by atoms with Gasteiger partial charge in [-0.25, -0.2) is 9.59 Å². The topological polar surface area (TPSA) is 75.6 Å². The number of ether oxygens (including phenoxy) is 1. The third-order valence-corrected chi connectivity index (χ3v) is 5.61. The first-order valence-electron chi connectivity index (χ1n) is 10.1. The Labute approximate surface area is 181 Å². The van der Waals surface area contributed by atoms with Gasteiger partial charge in [-0.05, 0) is 46.4 Å². The predicted octanol–water partition coefficient (Wildman–Crippen LogP) is 5.25. The molecule has 0 heterocycles. The summed E-state index contributed by atoms with van der Waals surface area (Å²) in [6, 6.07) is 21.5. The summed E-state index contributed by atoms with van der Waals surface area (Å²) in [6.45, 7) is 2.32. The summed E-state index contributed by atoms with van der Waals surface area (Å²) in [5.74, 6) is -0.931. The van der Waals surface area contributed by atoms with Gasteiger partial charge in [0.05, 0.1) is 5.56 Å². The molecule has 2 N–H and O–H groups in total. The molecular formula is C26H23NO4. The minimum atomic E-state index is -0.954. The van der Waals surface area contributed by atoms with E-state index in [0.29, 0.717) is 5.56 Å². The lowest BCUT2D eigenvalue weighted by molar-refractivity contribution is 0.0696. The Morgan fingerprint density at radius 1 is 0.968 bits per heavy atom. The van der Waals surface area contributed by atoms with E-state index in [1.54, 1.807) is 31.2 Å². The van der Waals surface area contributed by atoms with Crippen molar-refractivity contribution in [3.63, 3.8) is 0 Å². The van der Waals surface area contributed by atoms with Gasteiger partial charge >= 0.3 is 12.1 Å². The van der Waals surface area contributed by atoms with Gasteiger partial charge in [-0.3, -0.25) is 0 Å². The van der Waals surface area contributed by atoms with Gasteiger partial charge in [0, 0.05) is 12.5 Å². The van der Waals surface area contributed by atoms with Gasteiger partial charge in [0.15, 0.2) is 0 Å². The van der Waals surface area contributed by atoms with Crippen molar-refractivity contribution in [1.82, 2.24) is 5.32 Å². The molecule has 0 spiro atoms. The lowest BCUT2D eigenvalue weighted by atomic mass is 9.98. The Balaban J connectivity index is 1.34. The number of carbonyl (C=O) groups is 2. The van der Waals surface area contributed by atoms with Crippen LogP contribution < -0.4 is 5.32 Å². The lowest BCUT2D eigenvalue weighted by Crippen LogP contribution is -2.26. The Bertz CT molecular complexity index is 1120. The highest BCUT2D eigenvalue weighted by molar-refractivity contribution is 5.90. The fourth-order valence-corrected chi connectivity index (χ4v) is 4.04. The highest BCUT2D eigenvalue weighted by atomic mass is 16.5. The molecule has 3 aromatic carbocycles. The van der Waals surface area contributed by atoms with Gasteiger partial charge in [-0.15, -0.1) is 0 Å². The van der Waals surface area contributed by atoms with Crippen LogP contribution in [0.5, 0.6) is 0 Å². The van der Waals surface area contributed by atoms with Gasteiger partial charge in [-0.2, -0.15) is 0 Å². The molecule has 31 heavy (non-hydrogen) atoms. The second kappa shape index (κ2) is 8.88. The van der Waals surface area contributed by atoms with Crippen LogP contribution in [0.25, 0.3) is 17.2 Å². The SMILES string of the molecule is Cc1c(C=CCNC(=O)OCC2c3ccccc3-c3ccccc32)cccc1C(=O)O. The summed E-state index contributed by atoms with van der Waals surface area (Å²) in [6.07, 6.45) is 3.09. The van der Waals surface area contributed by atoms with Crippen LogP contribution >= 0.6 is 0 Å². The molecule has 5 nitrogen and oxygen atoms in total. The molecule has 1 aliphatic rings. The van der Waals surface area contributed by atoms with Crippen molar-refractivity contribution in [3.8, 4) is 11.1 Å². The number of fused-ring (bicyclic) bond motifs is 3. The molecule has 0 radical (unpaired) electrons. The fraction of sp³-hybridized carbons (Fsp3) is 0.154. The first-order chi connectivity index (χ1) is 15.1. The molecule has 0 bridgehead atoms. The molecule has 0 aliphatic heterocycles. The third kappa shape index (κ3) is 4.21. The second-order valence-corrected chi connectivity index (χ2v) is 7.43. The molecule has 1 amide bonds. The Kier molecular flexibility index (Phi) is 5.85. The summed E-state index contributed by atoms with van der Waals surface area (Å²) in [7, 11) is 0. The minimum Gasteiger partial charge on any atom is -0.478 e. The molecule has 0 unspecified atom stereocenters. The van der Waals surface area contributed by atoms with Gasteiger partial charge < -0.3 is 15.2 Å². The maximum absolute atomic E-state index is 12.2. The molecule has 0 saturated carbocycles. The van der Waals surface area contributed by atoms with E-state index >= 15 is 0 Å². The van der Waals surface area contributed by atoms with Crippen LogP contribution in [-0.4, -0.2) is 30.3 Å². The largest absolute Gasteiger partial charge is 0.478 e. The summed E-state index contributed by atoms with van der Waals surface area (Å²) < 4.78 is 5.50. The van der Waals surface area contributed by atoms with Crippen LogP contribution in [0.1, 0.15) is 38.5 Å². The van der Waals surface area contributed by atoms with Crippen molar-refractivity contribution in [1.29, 1.82) is 0 Å². The number of carboxylic acid groups (broad SMARTS) is 1. The van der Waals surface area contributed by atoms with Crippen molar-refractivity contribution in [2.24, 2.45) is 0 Å². The van der Waals surface area contributed by atoms with Crippen LogP contribution in [0.2, 0.25) is 0 Å². The number of carbonyl (C=O) groups excluding carboxylic acids is 1. The monoisotopic (exact) mass is 413 g/mol. The van der Waals surface area contributed by atoms with E-state index in [2.05, 4.69) is 29.6 Å². The Morgan fingerprint density at radius 2 is 1.61 bits per heavy atom. The van der Waals surface area contributed by atoms with E-state index in [-0.39, 0.29) is 24.6 Å². The maximum atomic E-state index is 12.2. The number of hydrogen-bond acceptors (Lipinski definition) is 3. The van der Waals surface area contributed by atoms with Crippen LogP contribution in [0.15, 0.2) is 72.8 Å². The van der Waals surface area contributed by atoms with Gasteiger partial charge in [0.1, 0.15) is 6.61 Å². The van der Waals surface area contributed by atoms with Crippen LogP contribution in [-0.2, 0) is 4.74 Å². The Morgan fingerprint density at radius 3 is 2.26 bits per heavy atom. The fourth-order valence-electron chi connectivity index (χ4n) is 4.04. The highest BCUT2D eigenvalue weighted by Gasteiger charge is 2.28. The number of aromatic carboxylic acids is 1. The van der Waals surface area contributed by atoms with Crippen molar-refractivity contribution >= 4 is 18.1 Å². The second-order valence-electron chi connectivity index (χ2n) is 7.43. The zero-order valence-corrected chi connectivity index (χ0v) is 17.2. The number of rotatable bonds is 6. The van der Waals surface area contributed by atoms with Crippen molar-refractivity contribution < 1.29 is 19.4 Å². The van der Waals surface area contributed by atoms with Crippen LogP contribution in [0.3, 0.4) is 0 Å². The highest BCUT2D eigenvalue weighted by Crippen LogP contribution is 2.44. The summed E-state index contributed by atoms with van der Waals surface area (Å²) >= 11 is 0. The number of alkyl carbamates (subject to hydrolysis) is 1. The molecule has 156 valence electrons. The van der Waals surface area contributed by atoms with Crippen molar-refractivity contribution in [2.45, 2.75) is 12.8 Å². The molecule has 4 rings (SSSR count). The van der Waals surface area contributed by atoms with E-state index in [9.17, 15) is 14.7 Å². The number of nitrogens with one attached hydrogen (secondary N) is 1. The smallest absolute Gasteiger partial charge is 0.407 e. The van der Waals surface area contributed by atoms with Gasteiger partial charge in [0.25, 0.3) is 0 Å². The average Bonchev–Trinajstić information content (AvgIpc) is 3.10. The molecular weight excluding hydrogens is 390 g/mol. The number of amides is 1. The molecule has 0 fully saturated rings. The molecule has 1 aliphatic carbocycles. The van der Waals surface area contributed by atoms with Crippen LogP contribution in [0, 0.1) is 6.92 Å². The normalized spacial score (nSPS) is 12.4. The van der Waals surface area contributed by atoms with Crippen LogP contribution in [0.4, 0.5) is 4.79 Å². The molecule has 0 aromatic heterocycles. The molecule has 0 atom stereocenters. The summed E-state index contributed by atoms with van der Waals surface area (Å²) in [5, 5.41) is 11.9. The lowest BCUT2D eigenvalue weighted by Gasteiger charge is -2.14. The van der Waals surface area contributed by atoms with E-state index in [1.807, 2.05) is 30.3 Å². The number of benzene rings is 3. The van der Waals surface area contributed by atoms with E-state index in [4.69, 9.17) is 4.74 Å². The third-order valence-electron chi connectivity index (χ3n) is 5.61. The summed E-state index contributed by atoms with van der Waals surface area (Å²) in [5.41, 5.74) is 6.48. The van der Waals surface area contributed by atoms with E-state index in [0.717, 1.165) is 5.56 Å². The van der Waals surface area contributed by atoms with Crippen molar-refractivity contribution in [2.75, 3.05) is 13.2 Å². The quantitative estimate of drug-likeness (QED) is 0.579. The molecule has 3 aromatic rings. The number of carboxylic acids is 1. The Hall–Kier alpha value is -3.86. The van der Waals surface area contributed by atoms with E-state index in [1.165, 1.54) is 22.3 Å². The predicted molar refractivity (Wildman–Crippen MR) is 120 cm³/mol. The average molecular weight is 413 g/mol. The first-order valence-corrected chi connectivity index (χ1v) is 10.1. The van der Waals surface area contributed by atoms with E-state index < -0.39 is 12.1 Å².